The summed E-state index contributed by atoms with van der Waals surface area (Å²) in [6.45, 7) is 0.579. The van der Waals surface area contributed by atoms with Crippen molar-refractivity contribution in [3.8, 4) is 0 Å². The number of methoxy groups -OCH3 is 1. The number of hydrogen-bond acceptors (Lipinski definition) is 4. The summed E-state index contributed by atoms with van der Waals surface area (Å²) in [5.41, 5.74) is 0. The maximum atomic E-state index is 12.9. The van der Waals surface area contributed by atoms with Crippen LogP contribution in [0.25, 0.3) is 0 Å². The van der Waals surface area contributed by atoms with Gasteiger partial charge >= 0.3 is 18.1 Å². The lowest BCUT2D eigenvalue weighted by molar-refractivity contribution is -0.284. The van der Waals surface area contributed by atoms with Crippen molar-refractivity contribution in [1.29, 1.82) is 0 Å². The Balaban J connectivity index is 2.26. The number of ether oxygens (including phenoxy) is 1. The highest BCUT2D eigenvalue weighted by atomic mass is 19.4. The summed E-state index contributed by atoms with van der Waals surface area (Å²) in [6, 6.07) is -0.0427. The van der Waals surface area contributed by atoms with Crippen molar-refractivity contribution in [1.82, 2.24) is 4.90 Å². The number of unbranched alkanes of at least 4 members (excludes halogenated alkanes) is 3. The molecule has 0 aromatic carbocycles. The van der Waals surface area contributed by atoms with Crippen molar-refractivity contribution < 1.29 is 41.4 Å². The zero-order valence-electron chi connectivity index (χ0n) is 17.4. The number of aliphatic hydroxyl groups is 1. The van der Waals surface area contributed by atoms with Crippen LogP contribution < -0.4 is 0 Å². The maximum absolute atomic E-state index is 12.9. The molecule has 2 atom stereocenters. The number of nitrogens with zero attached hydrogens (tertiary/aromatic N) is 1. The summed E-state index contributed by atoms with van der Waals surface area (Å²) >= 11 is 0. The third kappa shape index (κ3) is 9.14. The second kappa shape index (κ2) is 12.4. The maximum Gasteiger partial charge on any atom is 0.453 e. The predicted molar refractivity (Wildman–Crippen MR) is 99.9 cm³/mol. The van der Waals surface area contributed by atoms with Gasteiger partial charge in [0.25, 0.3) is 0 Å². The van der Waals surface area contributed by atoms with E-state index in [1.807, 2.05) is 0 Å². The molecule has 1 rings (SSSR count). The third-order valence-electron chi connectivity index (χ3n) is 5.49. The first-order valence-electron chi connectivity index (χ1n) is 10.5. The van der Waals surface area contributed by atoms with Crippen LogP contribution in [0.1, 0.15) is 77.0 Å². The fourth-order valence-electron chi connectivity index (χ4n) is 3.64. The molecule has 0 bridgehead atoms. The number of halogens is 5. The molecule has 0 spiro atoms. The van der Waals surface area contributed by atoms with Gasteiger partial charge in [0, 0.05) is 31.8 Å². The monoisotopic (exact) mass is 445 g/mol. The van der Waals surface area contributed by atoms with E-state index in [0.29, 0.717) is 32.2 Å². The first-order valence-corrected chi connectivity index (χ1v) is 10.5. The van der Waals surface area contributed by atoms with Crippen LogP contribution in [-0.2, 0) is 14.3 Å². The van der Waals surface area contributed by atoms with Crippen LogP contribution in [-0.4, -0.2) is 59.8 Å². The number of amides is 1. The molecule has 0 radical (unpaired) electrons. The minimum Gasteiger partial charge on any atom is -0.469 e. The molecule has 0 aliphatic carbocycles. The molecule has 1 fully saturated rings. The van der Waals surface area contributed by atoms with E-state index in [9.17, 15) is 36.6 Å². The van der Waals surface area contributed by atoms with Crippen molar-refractivity contribution >= 4 is 11.9 Å². The average molecular weight is 445 g/mol. The normalized spacial score (nSPS) is 18.7. The number of alkyl halides is 5. The molecule has 10 heteroatoms. The van der Waals surface area contributed by atoms with E-state index in [-0.39, 0.29) is 30.8 Å². The Bertz CT molecular complexity index is 542. The molecule has 2 unspecified atom stereocenters. The lowest BCUT2D eigenvalue weighted by Crippen LogP contribution is -2.36. The molecule has 1 aliphatic heterocycles. The minimum absolute atomic E-state index is 0.0360. The Morgan fingerprint density at radius 1 is 1.13 bits per heavy atom. The second-order valence-electron chi connectivity index (χ2n) is 7.85. The van der Waals surface area contributed by atoms with E-state index in [1.165, 1.54) is 7.11 Å². The number of esters is 1. The molecule has 1 aliphatic rings. The van der Waals surface area contributed by atoms with Crippen molar-refractivity contribution in [2.24, 2.45) is 0 Å². The Morgan fingerprint density at radius 3 is 2.43 bits per heavy atom. The molecular formula is C20H32F5NO4. The van der Waals surface area contributed by atoms with Crippen LogP contribution >= 0.6 is 0 Å². The number of carbonyl (C=O) groups is 2. The molecule has 30 heavy (non-hydrogen) atoms. The van der Waals surface area contributed by atoms with E-state index in [2.05, 4.69) is 4.74 Å². The van der Waals surface area contributed by atoms with Crippen LogP contribution in [0.15, 0.2) is 0 Å². The molecule has 1 heterocycles. The Hall–Kier alpha value is -1.45. The molecule has 1 saturated heterocycles. The van der Waals surface area contributed by atoms with Crippen LogP contribution in [0.5, 0.6) is 0 Å². The smallest absolute Gasteiger partial charge is 0.453 e. The van der Waals surface area contributed by atoms with E-state index in [0.717, 1.165) is 25.7 Å². The van der Waals surface area contributed by atoms with Crippen LogP contribution in [0.2, 0.25) is 0 Å². The molecule has 0 aromatic rings. The van der Waals surface area contributed by atoms with Gasteiger partial charge in [0.05, 0.1) is 13.2 Å². The highest BCUT2D eigenvalue weighted by Gasteiger charge is 2.56. The molecular weight excluding hydrogens is 413 g/mol. The standard InChI is InChI=1S/C20H32F5NO4/c1-30-18(29)8-4-2-3-5-14-26-15(10-12-17(26)28)9-11-16(27)7-6-13-19(21,22)20(23,24)25/h15-16,27H,2-14H2,1H3. The topological polar surface area (TPSA) is 66.8 Å². The summed E-state index contributed by atoms with van der Waals surface area (Å²) in [4.78, 5) is 24.9. The van der Waals surface area contributed by atoms with Gasteiger partial charge in [-0.3, -0.25) is 9.59 Å². The predicted octanol–water partition coefficient (Wildman–Crippen LogP) is 4.61. The highest BCUT2D eigenvalue weighted by molar-refractivity contribution is 5.78. The largest absolute Gasteiger partial charge is 0.469 e. The van der Waals surface area contributed by atoms with Gasteiger partial charge in [-0.25, -0.2) is 0 Å². The van der Waals surface area contributed by atoms with Crippen LogP contribution in [0, 0.1) is 0 Å². The molecule has 5 nitrogen and oxygen atoms in total. The van der Waals surface area contributed by atoms with Crippen molar-refractivity contribution in [3.05, 3.63) is 0 Å². The van der Waals surface area contributed by atoms with E-state index >= 15 is 0 Å². The summed E-state index contributed by atoms with van der Waals surface area (Å²) in [7, 11) is 1.34. The fraction of sp³-hybridized carbons (Fsp3) is 0.900. The van der Waals surface area contributed by atoms with Gasteiger partial charge in [-0.05, 0) is 44.9 Å². The van der Waals surface area contributed by atoms with Gasteiger partial charge in [-0.2, -0.15) is 22.0 Å². The Kier molecular flexibility index (Phi) is 11.0. The van der Waals surface area contributed by atoms with Gasteiger partial charge in [0.15, 0.2) is 0 Å². The van der Waals surface area contributed by atoms with Crippen molar-refractivity contribution in [2.45, 2.75) is 101 Å². The second-order valence-corrected chi connectivity index (χ2v) is 7.85. The number of aliphatic hydroxyl groups excluding tert-OH is 1. The van der Waals surface area contributed by atoms with Gasteiger partial charge in [0.2, 0.25) is 5.91 Å². The van der Waals surface area contributed by atoms with E-state index in [4.69, 9.17) is 0 Å². The Morgan fingerprint density at radius 2 is 1.80 bits per heavy atom. The van der Waals surface area contributed by atoms with Crippen LogP contribution in [0.3, 0.4) is 0 Å². The molecule has 0 aromatic heterocycles. The summed E-state index contributed by atoms with van der Waals surface area (Å²) in [5, 5.41) is 9.93. The summed E-state index contributed by atoms with van der Waals surface area (Å²) < 4.78 is 66.8. The quantitative estimate of drug-likeness (QED) is 0.241. The zero-order valence-corrected chi connectivity index (χ0v) is 17.4. The zero-order chi connectivity index (χ0) is 22.8. The minimum atomic E-state index is -5.57. The third-order valence-corrected chi connectivity index (χ3v) is 5.49. The lowest BCUT2D eigenvalue weighted by Gasteiger charge is -2.26. The number of likely N-dealkylation sites (tertiary alicyclic amines) is 1. The summed E-state index contributed by atoms with van der Waals surface area (Å²) in [5.74, 6) is -4.95. The SMILES string of the molecule is COC(=O)CCCCCCN1C(=O)CCC1CCC(O)CCCC(F)(F)C(F)(F)F. The van der Waals surface area contributed by atoms with E-state index in [1.54, 1.807) is 4.90 Å². The first kappa shape index (κ1) is 26.6. The molecule has 1 N–H and O–H groups in total. The number of hydrogen-bond donors (Lipinski definition) is 1. The van der Waals surface area contributed by atoms with Crippen molar-refractivity contribution in [3.63, 3.8) is 0 Å². The lowest BCUT2D eigenvalue weighted by atomic mass is 10.0. The Labute approximate surface area is 173 Å². The van der Waals surface area contributed by atoms with Crippen molar-refractivity contribution in [2.75, 3.05) is 13.7 Å². The first-order chi connectivity index (χ1) is 14.0. The van der Waals surface area contributed by atoms with Gasteiger partial charge in [0.1, 0.15) is 0 Å². The molecule has 1 amide bonds. The van der Waals surface area contributed by atoms with Gasteiger partial charge < -0.3 is 14.7 Å². The number of rotatable bonds is 14. The highest BCUT2D eigenvalue weighted by Crippen LogP contribution is 2.39. The van der Waals surface area contributed by atoms with Gasteiger partial charge in [-0.15, -0.1) is 0 Å². The number of carbonyl (C=O) groups excluding carboxylic acids is 2. The average Bonchev–Trinajstić information content (AvgIpc) is 3.01. The van der Waals surface area contributed by atoms with Crippen LogP contribution in [0.4, 0.5) is 22.0 Å². The van der Waals surface area contributed by atoms with Gasteiger partial charge in [-0.1, -0.05) is 12.8 Å². The summed E-state index contributed by atoms with van der Waals surface area (Å²) in [6.07, 6.45) is -3.01. The molecule has 0 saturated carbocycles. The molecule has 176 valence electrons. The van der Waals surface area contributed by atoms with E-state index < -0.39 is 31.0 Å². The fourth-order valence-corrected chi connectivity index (χ4v) is 3.64.